The van der Waals surface area contributed by atoms with Gasteiger partial charge in [0.05, 0.1) is 13.2 Å². The number of benzene rings is 1. The Hall–Kier alpha value is -2.63. The van der Waals surface area contributed by atoms with Gasteiger partial charge in [-0.05, 0) is 24.6 Å². The molecule has 1 heterocycles. The number of nitrogens with one attached hydrogen (secondary N) is 1. The normalized spacial score (nSPS) is 11.7. The maximum absolute atomic E-state index is 11.4. The number of carbonyl (C=O) groups is 1. The van der Waals surface area contributed by atoms with Crippen molar-refractivity contribution in [1.29, 1.82) is 0 Å². The van der Waals surface area contributed by atoms with Crippen LogP contribution in [0.2, 0.25) is 0 Å². The average molecular weight is 272 g/mol. The van der Waals surface area contributed by atoms with Gasteiger partial charge in [0.25, 0.3) is 0 Å². The second kappa shape index (κ2) is 6.01. The lowest BCUT2D eigenvalue weighted by atomic mass is 10.1. The van der Waals surface area contributed by atoms with Gasteiger partial charge in [0.2, 0.25) is 5.82 Å². The van der Waals surface area contributed by atoms with Crippen LogP contribution >= 0.6 is 0 Å². The lowest BCUT2D eigenvalue weighted by Crippen LogP contribution is -2.13. The number of hydrogen-bond acceptors (Lipinski definition) is 6. The monoisotopic (exact) mass is 272 g/mol. The third kappa shape index (κ3) is 3.03. The highest BCUT2D eigenvalue weighted by atomic mass is 16.5. The zero-order valence-corrected chi connectivity index (χ0v) is 11.3. The second-order valence-corrected chi connectivity index (χ2v) is 4.25. The molecule has 0 aliphatic rings. The van der Waals surface area contributed by atoms with E-state index in [-0.39, 0.29) is 11.9 Å². The standard InChI is InChI=1S/C14H16N4O2/c1-9(10-5-3-4-6-11(10)15)17-12-7-8-16-13(18-12)14(19)20-2/h3-9H,15H2,1-2H3,(H,16,17,18). The summed E-state index contributed by atoms with van der Waals surface area (Å²) in [4.78, 5) is 19.3. The summed E-state index contributed by atoms with van der Waals surface area (Å²) in [5.41, 5.74) is 7.60. The molecule has 0 saturated carbocycles. The third-order valence-corrected chi connectivity index (χ3v) is 2.85. The molecule has 0 aliphatic carbocycles. The topological polar surface area (TPSA) is 90.1 Å². The highest BCUT2D eigenvalue weighted by Gasteiger charge is 2.12. The first kappa shape index (κ1) is 13.8. The summed E-state index contributed by atoms with van der Waals surface area (Å²) < 4.78 is 4.59. The van der Waals surface area contributed by atoms with Crippen molar-refractivity contribution in [3.05, 3.63) is 47.9 Å². The van der Waals surface area contributed by atoms with Crippen LogP contribution in [0.1, 0.15) is 29.1 Å². The van der Waals surface area contributed by atoms with Gasteiger partial charge in [-0.25, -0.2) is 14.8 Å². The van der Waals surface area contributed by atoms with E-state index in [2.05, 4.69) is 20.0 Å². The summed E-state index contributed by atoms with van der Waals surface area (Å²) in [5, 5.41) is 3.18. The van der Waals surface area contributed by atoms with Gasteiger partial charge in [0.1, 0.15) is 5.82 Å². The van der Waals surface area contributed by atoms with Crippen molar-refractivity contribution < 1.29 is 9.53 Å². The van der Waals surface area contributed by atoms with E-state index < -0.39 is 5.97 Å². The molecule has 0 aliphatic heterocycles. The zero-order valence-electron chi connectivity index (χ0n) is 11.3. The van der Waals surface area contributed by atoms with Crippen LogP contribution in [0.5, 0.6) is 0 Å². The van der Waals surface area contributed by atoms with Gasteiger partial charge in [0.15, 0.2) is 0 Å². The third-order valence-electron chi connectivity index (χ3n) is 2.85. The zero-order chi connectivity index (χ0) is 14.5. The molecule has 3 N–H and O–H groups in total. The van der Waals surface area contributed by atoms with Crippen LogP contribution < -0.4 is 11.1 Å². The van der Waals surface area contributed by atoms with E-state index >= 15 is 0 Å². The summed E-state index contributed by atoms with van der Waals surface area (Å²) in [6, 6.07) is 9.22. The Morgan fingerprint density at radius 1 is 1.35 bits per heavy atom. The number of rotatable bonds is 4. The molecule has 1 unspecified atom stereocenters. The molecule has 0 bridgehead atoms. The van der Waals surface area contributed by atoms with Crippen molar-refractivity contribution in [2.24, 2.45) is 0 Å². The molecule has 1 atom stereocenters. The number of nitrogens with zero attached hydrogens (tertiary/aromatic N) is 2. The minimum atomic E-state index is -0.569. The van der Waals surface area contributed by atoms with Crippen molar-refractivity contribution in [2.75, 3.05) is 18.2 Å². The molecule has 20 heavy (non-hydrogen) atoms. The highest BCUT2D eigenvalue weighted by molar-refractivity contribution is 5.85. The molecule has 0 amide bonds. The Morgan fingerprint density at radius 3 is 2.80 bits per heavy atom. The van der Waals surface area contributed by atoms with Crippen LogP contribution in [0.15, 0.2) is 36.5 Å². The maximum Gasteiger partial charge on any atom is 0.376 e. The SMILES string of the molecule is COC(=O)c1nccc(NC(C)c2ccccc2N)n1. The Kier molecular flexibility index (Phi) is 4.14. The van der Waals surface area contributed by atoms with Gasteiger partial charge in [-0.15, -0.1) is 0 Å². The number of nitrogens with two attached hydrogens (primary N) is 1. The number of esters is 1. The predicted molar refractivity (Wildman–Crippen MR) is 76.3 cm³/mol. The Morgan fingerprint density at radius 2 is 2.10 bits per heavy atom. The van der Waals surface area contributed by atoms with Gasteiger partial charge in [0, 0.05) is 11.9 Å². The van der Waals surface area contributed by atoms with Crippen LogP contribution in [-0.2, 0) is 4.74 Å². The lowest BCUT2D eigenvalue weighted by molar-refractivity contribution is 0.0587. The summed E-state index contributed by atoms with van der Waals surface area (Å²) in [7, 11) is 1.29. The lowest BCUT2D eigenvalue weighted by Gasteiger charge is -2.16. The van der Waals surface area contributed by atoms with E-state index in [9.17, 15) is 4.79 Å². The molecule has 6 nitrogen and oxygen atoms in total. The fourth-order valence-electron chi connectivity index (χ4n) is 1.83. The van der Waals surface area contributed by atoms with Crippen LogP contribution in [0.3, 0.4) is 0 Å². The van der Waals surface area contributed by atoms with Crippen molar-refractivity contribution >= 4 is 17.5 Å². The molecular formula is C14H16N4O2. The number of aromatic nitrogens is 2. The molecule has 6 heteroatoms. The fraction of sp³-hybridized carbons (Fsp3) is 0.214. The van der Waals surface area contributed by atoms with Crippen molar-refractivity contribution in [2.45, 2.75) is 13.0 Å². The van der Waals surface area contributed by atoms with Crippen LogP contribution in [0.4, 0.5) is 11.5 Å². The predicted octanol–water partition coefficient (Wildman–Crippen LogP) is 2.02. The summed E-state index contributed by atoms with van der Waals surface area (Å²) >= 11 is 0. The van der Waals surface area contributed by atoms with Gasteiger partial charge in [-0.2, -0.15) is 0 Å². The molecule has 0 saturated heterocycles. The number of hydrogen-bond donors (Lipinski definition) is 2. The molecule has 1 aromatic heterocycles. The molecule has 0 radical (unpaired) electrons. The van der Waals surface area contributed by atoms with E-state index in [0.29, 0.717) is 11.5 Å². The first-order chi connectivity index (χ1) is 9.61. The molecule has 0 fully saturated rings. The minimum Gasteiger partial charge on any atom is -0.463 e. The Bertz CT molecular complexity index is 616. The van der Waals surface area contributed by atoms with Gasteiger partial charge in [-0.1, -0.05) is 18.2 Å². The Balaban J connectivity index is 2.18. The molecular weight excluding hydrogens is 256 g/mol. The first-order valence-electron chi connectivity index (χ1n) is 6.14. The fourth-order valence-corrected chi connectivity index (χ4v) is 1.83. The number of ether oxygens (including phenoxy) is 1. The van der Waals surface area contributed by atoms with E-state index in [1.165, 1.54) is 13.3 Å². The summed E-state index contributed by atoms with van der Waals surface area (Å²) in [5.74, 6) is -0.0117. The van der Waals surface area contributed by atoms with E-state index in [1.807, 2.05) is 31.2 Å². The first-order valence-corrected chi connectivity index (χ1v) is 6.14. The smallest absolute Gasteiger partial charge is 0.376 e. The highest BCUT2D eigenvalue weighted by Crippen LogP contribution is 2.22. The van der Waals surface area contributed by atoms with Gasteiger partial charge in [-0.3, -0.25) is 0 Å². The largest absolute Gasteiger partial charge is 0.463 e. The maximum atomic E-state index is 11.4. The summed E-state index contributed by atoms with van der Waals surface area (Å²) in [6.07, 6.45) is 1.50. The molecule has 104 valence electrons. The van der Waals surface area contributed by atoms with E-state index in [4.69, 9.17) is 5.73 Å². The quantitative estimate of drug-likeness (QED) is 0.653. The van der Waals surface area contributed by atoms with E-state index in [0.717, 1.165) is 5.56 Å². The van der Waals surface area contributed by atoms with Gasteiger partial charge < -0.3 is 15.8 Å². The van der Waals surface area contributed by atoms with Crippen molar-refractivity contribution in [3.63, 3.8) is 0 Å². The van der Waals surface area contributed by atoms with Crippen LogP contribution in [0, 0.1) is 0 Å². The van der Waals surface area contributed by atoms with Crippen molar-refractivity contribution in [3.8, 4) is 0 Å². The molecule has 0 spiro atoms. The van der Waals surface area contributed by atoms with Gasteiger partial charge >= 0.3 is 5.97 Å². The molecule has 2 rings (SSSR count). The van der Waals surface area contributed by atoms with Crippen molar-refractivity contribution in [1.82, 2.24) is 9.97 Å². The second-order valence-electron chi connectivity index (χ2n) is 4.25. The minimum absolute atomic E-state index is 0.0192. The molecule has 2 aromatic rings. The van der Waals surface area contributed by atoms with Crippen LogP contribution in [-0.4, -0.2) is 23.0 Å². The number of carbonyl (C=O) groups excluding carboxylic acids is 1. The number of methoxy groups -OCH3 is 1. The Labute approximate surface area is 117 Å². The van der Waals surface area contributed by atoms with Crippen LogP contribution in [0.25, 0.3) is 0 Å². The summed E-state index contributed by atoms with van der Waals surface area (Å²) in [6.45, 7) is 1.96. The van der Waals surface area contributed by atoms with E-state index in [1.54, 1.807) is 6.07 Å². The number of para-hydroxylation sites is 1. The number of anilines is 2. The number of nitrogen functional groups attached to an aromatic ring is 1. The molecule has 1 aromatic carbocycles. The average Bonchev–Trinajstić information content (AvgIpc) is 2.47.